The maximum atomic E-state index is 6.40. The highest BCUT2D eigenvalue weighted by Crippen LogP contribution is 2.40. The van der Waals surface area contributed by atoms with Crippen molar-refractivity contribution in [1.29, 1.82) is 0 Å². The summed E-state index contributed by atoms with van der Waals surface area (Å²) in [6.45, 7) is 0. The van der Waals surface area contributed by atoms with Crippen molar-refractivity contribution >= 4 is 21.9 Å². The van der Waals surface area contributed by atoms with Gasteiger partial charge in [-0.3, -0.25) is 0 Å². The first kappa shape index (κ1) is 35.7. The van der Waals surface area contributed by atoms with E-state index >= 15 is 0 Å². The average molecular weight is 783 g/mol. The average Bonchev–Trinajstić information content (AvgIpc) is 3.72. The lowest BCUT2D eigenvalue weighted by atomic mass is 9.95. The molecule has 286 valence electrons. The van der Waals surface area contributed by atoms with Crippen LogP contribution in [-0.2, 0) is 0 Å². The summed E-state index contributed by atoms with van der Waals surface area (Å²) >= 11 is 0. The van der Waals surface area contributed by atoms with Crippen molar-refractivity contribution < 1.29 is 4.42 Å². The molecule has 0 aliphatic rings. The van der Waals surface area contributed by atoms with Crippen molar-refractivity contribution in [3.63, 3.8) is 0 Å². The summed E-state index contributed by atoms with van der Waals surface area (Å²) in [7, 11) is 0. The summed E-state index contributed by atoms with van der Waals surface area (Å²) in [4.78, 5) is 30.5. The number of furan rings is 1. The normalized spacial score (nSPS) is 11.3. The molecule has 0 atom stereocenters. The second-order valence-corrected chi connectivity index (χ2v) is 14.7. The molecule has 0 amide bonds. The van der Waals surface area contributed by atoms with Crippen molar-refractivity contribution in [2.75, 3.05) is 0 Å². The number of hydrogen-bond acceptors (Lipinski definition) is 7. The monoisotopic (exact) mass is 782 g/mol. The van der Waals surface area contributed by atoms with Crippen molar-refractivity contribution in [3.05, 3.63) is 206 Å². The molecule has 0 aliphatic heterocycles. The smallest absolute Gasteiger partial charge is 0.164 e. The van der Waals surface area contributed by atoms with Crippen LogP contribution in [0.1, 0.15) is 0 Å². The Morgan fingerprint density at radius 2 is 0.574 bits per heavy atom. The molecule has 11 rings (SSSR count). The highest BCUT2D eigenvalue weighted by molar-refractivity contribution is 6.08. The van der Waals surface area contributed by atoms with E-state index in [9.17, 15) is 0 Å². The van der Waals surface area contributed by atoms with E-state index in [2.05, 4.69) is 72.8 Å². The van der Waals surface area contributed by atoms with Crippen LogP contribution in [-0.4, -0.2) is 29.9 Å². The lowest BCUT2D eigenvalue weighted by Crippen LogP contribution is -2.02. The van der Waals surface area contributed by atoms with Gasteiger partial charge < -0.3 is 4.42 Å². The maximum Gasteiger partial charge on any atom is 0.164 e. The first-order chi connectivity index (χ1) is 30.2. The first-order valence-electron chi connectivity index (χ1n) is 20.1. The number of rotatable bonds is 8. The van der Waals surface area contributed by atoms with Crippen LogP contribution in [0.25, 0.3) is 113 Å². The molecular formula is C54H34N6O. The molecule has 11 aromatic rings. The van der Waals surface area contributed by atoms with E-state index in [1.807, 2.05) is 133 Å². The summed E-state index contributed by atoms with van der Waals surface area (Å²) in [5.74, 6) is 3.37. The molecule has 0 saturated carbocycles. The van der Waals surface area contributed by atoms with Gasteiger partial charge in [0, 0.05) is 44.2 Å². The molecule has 61 heavy (non-hydrogen) atoms. The predicted octanol–water partition coefficient (Wildman–Crippen LogP) is 13.3. The van der Waals surface area contributed by atoms with Crippen LogP contribution >= 0.6 is 0 Å². The Labute approximate surface area is 351 Å². The third kappa shape index (κ3) is 7.00. The van der Waals surface area contributed by atoms with Gasteiger partial charge in [-0.2, -0.15) is 0 Å². The molecular weight excluding hydrogens is 749 g/mol. The Morgan fingerprint density at radius 3 is 1.02 bits per heavy atom. The van der Waals surface area contributed by atoms with Crippen molar-refractivity contribution in [2.45, 2.75) is 0 Å². The minimum Gasteiger partial charge on any atom is -0.456 e. The molecule has 3 aromatic heterocycles. The van der Waals surface area contributed by atoms with Gasteiger partial charge in [0.05, 0.1) is 0 Å². The summed E-state index contributed by atoms with van der Waals surface area (Å²) in [6, 6.07) is 69.5. The van der Waals surface area contributed by atoms with Gasteiger partial charge in [-0.05, 0) is 52.6 Å². The van der Waals surface area contributed by atoms with Crippen LogP contribution in [0.5, 0.6) is 0 Å². The Bertz CT molecular complexity index is 3220. The zero-order chi connectivity index (χ0) is 40.5. The van der Waals surface area contributed by atoms with Gasteiger partial charge >= 0.3 is 0 Å². The minimum atomic E-state index is 0.522. The number of benzene rings is 8. The van der Waals surface area contributed by atoms with Crippen LogP contribution < -0.4 is 0 Å². The van der Waals surface area contributed by atoms with Gasteiger partial charge in [0.1, 0.15) is 11.2 Å². The largest absolute Gasteiger partial charge is 0.456 e. The third-order valence-electron chi connectivity index (χ3n) is 10.8. The van der Waals surface area contributed by atoms with E-state index in [0.717, 1.165) is 77.6 Å². The highest BCUT2D eigenvalue weighted by Gasteiger charge is 2.20. The van der Waals surface area contributed by atoms with E-state index in [1.165, 1.54) is 0 Å². The topological polar surface area (TPSA) is 90.5 Å². The molecule has 3 heterocycles. The van der Waals surface area contributed by atoms with Crippen LogP contribution in [0.2, 0.25) is 0 Å². The van der Waals surface area contributed by atoms with E-state index in [4.69, 9.17) is 34.3 Å². The quantitative estimate of drug-likeness (QED) is 0.152. The van der Waals surface area contributed by atoms with Gasteiger partial charge in [0.25, 0.3) is 0 Å². The molecule has 0 bridgehead atoms. The Morgan fingerprint density at radius 1 is 0.230 bits per heavy atom. The molecule has 0 saturated heterocycles. The van der Waals surface area contributed by atoms with Crippen molar-refractivity contribution in [2.24, 2.45) is 0 Å². The van der Waals surface area contributed by atoms with Crippen molar-refractivity contribution in [1.82, 2.24) is 29.9 Å². The van der Waals surface area contributed by atoms with Crippen LogP contribution in [0.3, 0.4) is 0 Å². The van der Waals surface area contributed by atoms with Crippen LogP contribution in [0.4, 0.5) is 0 Å². The standard InChI is InChI=1S/C54H34N6O/c1-6-16-35(17-7-1)40-27-30-47-44(32-40)45-33-41(28-31-48(45)61-47)43-29-26-42(53-57-49(36-18-8-2-9-19-36)55-50(58-53)37-20-10-3-11-21-37)34-46(43)54-59-51(38-22-12-4-13-23-38)56-52(60-54)39-24-14-5-15-25-39/h1-34H. The third-order valence-corrected chi connectivity index (χ3v) is 10.8. The molecule has 0 unspecified atom stereocenters. The molecule has 0 fully saturated rings. The number of fused-ring (bicyclic) bond motifs is 3. The summed E-state index contributed by atoms with van der Waals surface area (Å²) in [6.07, 6.45) is 0. The fourth-order valence-electron chi connectivity index (χ4n) is 7.74. The Hall–Kier alpha value is -8.42. The SMILES string of the molecule is c1ccc(-c2ccc3oc4ccc(-c5ccc(-c6nc(-c7ccccc7)nc(-c7ccccc7)n6)cc5-c5nc(-c6ccccc6)nc(-c6ccccc6)n5)cc4c3c2)cc1. The highest BCUT2D eigenvalue weighted by atomic mass is 16.3. The zero-order valence-corrected chi connectivity index (χ0v) is 32.7. The molecule has 7 nitrogen and oxygen atoms in total. The lowest BCUT2D eigenvalue weighted by Gasteiger charge is -2.14. The summed E-state index contributed by atoms with van der Waals surface area (Å²) < 4.78 is 6.40. The van der Waals surface area contributed by atoms with Gasteiger partial charge in [-0.1, -0.05) is 176 Å². The zero-order valence-electron chi connectivity index (χ0n) is 32.7. The van der Waals surface area contributed by atoms with E-state index in [1.54, 1.807) is 0 Å². The van der Waals surface area contributed by atoms with E-state index in [-0.39, 0.29) is 0 Å². The van der Waals surface area contributed by atoms with Gasteiger partial charge in [-0.25, -0.2) is 29.9 Å². The molecule has 0 aliphatic carbocycles. The maximum absolute atomic E-state index is 6.40. The Balaban J connectivity index is 1.15. The molecule has 7 heteroatoms. The van der Waals surface area contributed by atoms with Crippen LogP contribution in [0, 0.1) is 0 Å². The molecule has 0 radical (unpaired) electrons. The van der Waals surface area contributed by atoms with Gasteiger partial charge in [0.15, 0.2) is 34.9 Å². The van der Waals surface area contributed by atoms with E-state index in [0.29, 0.717) is 34.9 Å². The fourth-order valence-corrected chi connectivity index (χ4v) is 7.74. The van der Waals surface area contributed by atoms with Crippen LogP contribution in [0.15, 0.2) is 211 Å². The van der Waals surface area contributed by atoms with Gasteiger partial charge in [0.2, 0.25) is 0 Å². The lowest BCUT2D eigenvalue weighted by molar-refractivity contribution is 0.669. The van der Waals surface area contributed by atoms with Gasteiger partial charge in [-0.15, -0.1) is 0 Å². The fraction of sp³-hybridized carbons (Fsp3) is 0. The summed E-state index contributed by atoms with van der Waals surface area (Å²) in [5, 5.41) is 2.06. The number of aromatic nitrogens is 6. The minimum absolute atomic E-state index is 0.522. The first-order valence-corrected chi connectivity index (χ1v) is 20.1. The second-order valence-electron chi connectivity index (χ2n) is 14.7. The number of hydrogen-bond donors (Lipinski definition) is 0. The summed E-state index contributed by atoms with van der Waals surface area (Å²) in [5.41, 5.74) is 11.0. The Kier molecular flexibility index (Phi) is 9.02. The van der Waals surface area contributed by atoms with E-state index < -0.39 is 0 Å². The second kappa shape index (κ2) is 15.4. The molecule has 0 N–H and O–H groups in total. The number of nitrogens with zero attached hydrogens (tertiary/aromatic N) is 6. The van der Waals surface area contributed by atoms with Crippen molar-refractivity contribution in [3.8, 4) is 90.6 Å². The molecule has 0 spiro atoms. The molecule has 8 aromatic carbocycles. The predicted molar refractivity (Wildman–Crippen MR) is 244 cm³/mol.